The second kappa shape index (κ2) is 6.43. The van der Waals surface area contributed by atoms with Gasteiger partial charge in [0.05, 0.1) is 7.11 Å². The molecule has 0 amide bonds. The third-order valence-electron chi connectivity index (χ3n) is 3.43. The van der Waals surface area contributed by atoms with E-state index in [2.05, 4.69) is 42.0 Å². The Bertz CT molecular complexity index is 502. The minimum absolute atomic E-state index is 0.240. The molecule has 0 aliphatic heterocycles. The van der Waals surface area contributed by atoms with Gasteiger partial charge in [0.1, 0.15) is 5.75 Å². The summed E-state index contributed by atoms with van der Waals surface area (Å²) < 4.78 is 7.43. The summed E-state index contributed by atoms with van der Waals surface area (Å²) in [6.07, 6.45) is 4.05. The number of methoxy groups -OCH3 is 1. The lowest BCUT2D eigenvalue weighted by Crippen LogP contribution is -2.23. The summed E-state index contributed by atoms with van der Waals surface area (Å²) in [6.45, 7) is 3.00. The molecule has 2 aromatic rings. The van der Waals surface area contributed by atoms with Crippen LogP contribution in [-0.4, -0.2) is 17.7 Å². The zero-order chi connectivity index (χ0) is 13.7. The van der Waals surface area contributed by atoms with E-state index >= 15 is 0 Å². The molecular weight excluding hydrogens is 236 g/mol. The third kappa shape index (κ3) is 3.61. The van der Waals surface area contributed by atoms with Crippen molar-refractivity contribution in [2.75, 3.05) is 7.11 Å². The van der Waals surface area contributed by atoms with Crippen molar-refractivity contribution in [1.29, 1.82) is 0 Å². The summed E-state index contributed by atoms with van der Waals surface area (Å²) >= 11 is 0. The van der Waals surface area contributed by atoms with E-state index < -0.39 is 0 Å². The number of benzene rings is 1. The molecule has 2 rings (SSSR count). The minimum Gasteiger partial charge on any atom is -0.497 e. The van der Waals surface area contributed by atoms with Crippen molar-refractivity contribution in [2.45, 2.75) is 32.4 Å². The summed E-state index contributed by atoms with van der Waals surface area (Å²) in [4.78, 5) is 0. The summed E-state index contributed by atoms with van der Waals surface area (Å²) in [6, 6.07) is 12.7. The number of ether oxygens (including phenoxy) is 1. The fraction of sp³-hybridized carbons (Fsp3) is 0.375. The fourth-order valence-electron chi connectivity index (χ4n) is 2.13. The smallest absolute Gasteiger partial charge is 0.118 e. The Balaban J connectivity index is 2.07. The second-order valence-corrected chi connectivity index (χ2v) is 4.85. The van der Waals surface area contributed by atoms with Crippen molar-refractivity contribution in [2.24, 2.45) is 5.73 Å². The normalized spacial score (nSPS) is 12.4. The Hall–Kier alpha value is -1.74. The maximum absolute atomic E-state index is 6.03. The minimum atomic E-state index is 0.240. The molecule has 19 heavy (non-hydrogen) atoms. The van der Waals surface area contributed by atoms with Crippen molar-refractivity contribution in [3.05, 3.63) is 53.9 Å². The number of nitrogens with two attached hydrogens (primary N) is 1. The van der Waals surface area contributed by atoms with E-state index in [4.69, 9.17) is 10.5 Å². The van der Waals surface area contributed by atoms with Crippen molar-refractivity contribution < 1.29 is 4.74 Å². The maximum Gasteiger partial charge on any atom is 0.118 e. The average molecular weight is 258 g/mol. The first kappa shape index (κ1) is 13.7. The molecule has 0 bridgehead atoms. The molecule has 3 heteroatoms. The van der Waals surface area contributed by atoms with E-state index in [0.717, 1.165) is 25.1 Å². The van der Waals surface area contributed by atoms with Gasteiger partial charge in [0.25, 0.3) is 0 Å². The van der Waals surface area contributed by atoms with Gasteiger partial charge >= 0.3 is 0 Å². The SMILES string of the molecule is CCC(N)Cc1cccn1Cc1ccc(OC)cc1. The van der Waals surface area contributed by atoms with Crippen LogP contribution in [0.2, 0.25) is 0 Å². The van der Waals surface area contributed by atoms with Gasteiger partial charge in [0, 0.05) is 30.9 Å². The van der Waals surface area contributed by atoms with Gasteiger partial charge in [-0.3, -0.25) is 0 Å². The number of aromatic nitrogens is 1. The van der Waals surface area contributed by atoms with Crippen LogP contribution < -0.4 is 10.5 Å². The molecule has 1 atom stereocenters. The van der Waals surface area contributed by atoms with E-state index in [1.807, 2.05) is 12.1 Å². The lowest BCUT2D eigenvalue weighted by molar-refractivity contribution is 0.414. The van der Waals surface area contributed by atoms with Crippen LogP contribution in [-0.2, 0) is 13.0 Å². The first-order chi connectivity index (χ1) is 9.22. The topological polar surface area (TPSA) is 40.2 Å². The average Bonchev–Trinajstić information content (AvgIpc) is 2.86. The van der Waals surface area contributed by atoms with Crippen LogP contribution >= 0.6 is 0 Å². The van der Waals surface area contributed by atoms with Crippen LogP contribution in [0.1, 0.15) is 24.6 Å². The van der Waals surface area contributed by atoms with Crippen LogP contribution in [0.15, 0.2) is 42.6 Å². The van der Waals surface area contributed by atoms with Crippen LogP contribution in [0.3, 0.4) is 0 Å². The number of nitrogens with zero attached hydrogens (tertiary/aromatic N) is 1. The fourth-order valence-corrected chi connectivity index (χ4v) is 2.13. The molecule has 1 aromatic heterocycles. The van der Waals surface area contributed by atoms with Crippen LogP contribution in [0.5, 0.6) is 5.75 Å². The number of hydrogen-bond acceptors (Lipinski definition) is 2. The van der Waals surface area contributed by atoms with Gasteiger partial charge in [-0.05, 0) is 36.2 Å². The second-order valence-electron chi connectivity index (χ2n) is 4.85. The van der Waals surface area contributed by atoms with Crippen molar-refractivity contribution in [3.63, 3.8) is 0 Å². The molecule has 2 N–H and O–H groups in total. The maximum atomic E-state index is 6.03. The molecule has 0 spiro atoms. The zero-order valence-corrected chi connectivity index (χ0v) is 11.7. The summed E-state index contributed by atoms with van der Waals surface area (Å²) in [5.74, 6) is 0.893. The van der Waals surface area contributed by atoms with E-state index in [0.29, 0.717) is 0 Å². The molecule has 3 nitrogen and oxygen atoms in total. The Labute approximate surface area is 115 Å². The van der Waals surface area contributed by atoms with Gasteiger partial charge in [-0.1, -0.05) is 19.1 Å². The van der Waals surface area contributed by atoms with Gasteiger partial charge in [0.2, 0.25) is 0 Å². The van der Waals surface area contributed by atoms with Crippen LogP contribution in [0.4, 0.5) is 0 Å². The third-order valence-corrected chi connectivity index (χ3v) is 3.43. The zero-order valence-electron chi connectivity index (χ0n) is 11.7. The number of hydrogen-bond donors (Lipinski definition) is 1. The Kier molecular flexibility index (Phi) is 4.63. The van der Waals surface area contributed by atoms with Gasteiger partial charge in [0.15, 0.2) is 0 Å². The molecule has 102 valence electrons. The van der Waals surface area contributed by atoms with E-state index in [1.165, 1.54) is 11.3 Å². The van der Waals surface area contributed by atoms with Gasteiger partial charge in [-0.25, -0.2) is 0 Å². The van der Waals surface area contributed by atoms with Gasteiger partial charge in [-0.15, -0.1) is 0 Å². The molecule has 1 aromatic carbocycles. The molecule has 0 radical (unpaired) electrons. The Morgan fingerprint density at radius 1 is 1.21 bits per heavy atom. The lowest BCUT2D eigenvalue weighted by Gasteiger charge is -2.13. The van der Waals surface area contributed by atoms with Crippen molar-refractivity contribution >= 4 is 0 Å². The highest BCUT2D eigenvalue weighted by molar-refractivity contribution is 5.27. The van der Waals surface area contributed by atoms with Crippen molar-refractivity contribution in [3.8, 4) is 5.75 Å². The molecule has 1 heterocycles. The molecular formula is C16H22N2O. The first-order valence-corrected chi connectivity index (χ1v) is 6.75. The lowest BCUT2D eigenvalue weighted by atomic mass is 10.1. The number of rotatable bonds is 6. The Morgan fingerprint density at radius 3 is 2.58 bits per heavy atom. The molecule has 0 aliphatic rings. The highest BCUT2D eigenvalue weighted by Gasteiger charge is 2.06. The molecule has 0 aliphatic carbocycles. The summed E-state index contributed by atoms with van der Waals surface area (Å²) in [5, 5.41) is 0. The molecule has 0 fully saturated rings. The van der Waals surface area contributed by atoms with Gasteiger partial charge in [-0.2, -0.15) is 0 Å². The van der Waals surface area contributed by atoms with E-state index in [9.17, 15) is 0 Å². The predicted molar refractivity (Wildman–Crippen MR) is 78.5 cm³/mol. The highest BCUT2D eigenvalue weighted by atomic mass is 16.5. The molecule has 0 saturated heterocycles. The van der Waals surface area contributed by atoms with Crippen molar-refractivity contribution in [1.82, 2.24) is 4.57 Å². The first-order valence-electron chi connectivity index (χ1n) is 6.75. The van der Waals surface area contributed by atoms with Gasteiger partial charge < -0.3 is 15.0 Å². The molecule has 1 unspecified atom stereocenters. The van der Waals surface area contributed by atoms with Crippen LogP contribution in [0.25, 0.3) is 0 Å². The quantitative estimate of drug-likeness (QED) is 0.865. The molecule has 0 saturated carbocycles. The highest BCUT2D eigenvalue weighted by Crippen LogP contribution is 2.14. The predicted octanol–water partition coefficient (Wildman–Crippen LogP) is 2.82. The Morgan fingerprint density at radius 2 is 1.95 bits per heavy atom. The monoisotopic (exact) mass is 258 g/mol. The van der Waals surface area contributed by atoms with Crippen LogP contribution in [0, 0.1) is 0 Å². The van der Waals surface area contributed by atoms with E-state index in [-0.39, 0.29) is 6.04 Å². The standard InChI is InChI=1S/C16H22N2O/c1-3-14(17)11-15-5-4-10-18(15)12-13-6-8-16(19-2)9-7-13/h4-10,14H,3,11-12,17H2,1-2H3. The largest absolute Gasteiger partial charge is 0.497 e. The van der Waals surface area contributed by atoms with E-state index in [1.54, 1.807) is 7.11 Å². The summed E-state index contributed by atoms with van der Waals surface area (Å²) in [5.41, 5.74) is 8.60. The summed E-state index contributed by atoms with van der Waals surface area (Å²) in [7, 11) is 1.69.